The smallest absolute Gasteiger partial charge is 0.210 e. The van der Waals surface area contributed by atoms with Crippen LogP contribution in [0.25, 0.3) is 0 Å². The summed E-state index contributed by atoms with van der Waals surface area (Å²) in [6.45, 7) is 5.78. The number of carbonyl (C=O) groups is 1. The molecule has 0 atom stereocenters. The summed E-state index contributed by atoms with van der Waals surface area (Å²) in [5.74, 6) is -0.995. The van der Waals surface area contributed by atoms with E-state index in [2.05, 4.69) is 0 Å². The average molecular weight is 192 g/mol. The van der Waals surface area contributed by atoms with Gasteiger partial charge in [0.2, 0.25) is 5.79 Å². The van der Waals surface area contributed by atoms with Crippen molar-refractivity contribution in [3.8, 4) is 0 Å². The van der Waals surface area contributed by atoms with Crippen LogP contribution in [0.4, 0.5) is 0 Å². The van der Waals surface area contributed by atoms with Gasteiger partial charge in [-0.05, 0) is 0 Å². The highest BCUT2D eigenvalue weighted by atomic mass is 28.2. The highest BCUT2D eigenvalue weighted by Crippen LogP contribution is 2.31. The molecule has 0 saturated carbocycles. The zero-order valence-electron chi connectivity index (χ0n) is 7.80. The van der Waals surface area contributed by atoms with Crippen LogP contribution >= 0.6 is 0 Å². The fourth-order valence-electron chi connectivity index (χ4n) is 0.969. The third-order valence-corrected chi connectivity index (χ3v) is 3.02. The molecule has 3 nitrogen and oxygen atoms in total. The van der Waals surface area contributed by atoms with Gasteiger partial charge in [-0.3, -0.25) is 4.79 Å². The van der Waals surface area contributed by atoms with Gasteiger partial charge in [0.1, 0.15) is 21.0 Å². The Kier molecular flexibility index (Phi) is 3.62. The Hall–Kier alpha value is 0.0238. The molecule has 0 amide bonds. The van der Waals surface area contributed by atoms with E-state index >= 15 is 0 Å². The van der Waals surface area contributed by atoms with Gasteiger partial charge in [-0.1, -0.05) is 20.8 Å². The summed E-state index contributed by atoms with van der Waals surface area (Å²) in [6.07, 6.45) is 0.757. The number of hydrogen-bond acceptors (Lipinski definition) is 3. The number of hydrogen-bond donors (Lipinski definition) is 0. The zero-order chi connectivity index (χ0) is 9.12. The number of carbonyl (C=O) groups excluding carboxylic acids is 1. The summed E-state index contributed by atoms with van der Waals surface area (Å²) in [5, 5.41) is 0. The predicted octanol–water partition coefficient (Wildman–Crippen LogP) is -1.48. The summed E-state index contributed by atoms with van der Waals surface area (Å²) in [6, 6.07) is 0. The lowest BCUT2D eigenvalue weighted by molar-refractivity contribution is -0.179. The Morgan fingerprint density at radius 1 is 1.18 bits per heavy atom. The molecule has 0 unspecified atom stereocenters. The van der Waals surface area contributed by atoms with Crippen molar-refractivity contribution in [1.29, 1.82) is 0 Å². The third-order valence-electron chi connectivity index (χ3n) is 1.81. The van der Waals surface area contributed by atoms with Gasteiger partial charge in [0.05, 0.1) is 0 Å². The fourth-order valence-corrected chi connectivity index (χ4v) is 3.05. The van der Waals surface area contributed by atoms with Crippen molar-refractivity contribution in [2.75, 3.05) is 0 Å². The van der Waals surface area contributed by atoms with E-state index < -0.39 is 5.79 Å². The van der Waals surface area contributed by atoms with Gasteiger partial charge in [0, 0.05) is 5.41 Å². The van der Waals surface area contributed by atoms with Crippen molar-refractivity contribution < 1.29 is 13.6 Å². The van der Waals surface area contributed by atoms with E-state index in [-0.39, 0.29) is 5.41 Å². The van der Waals surface area contributed by atoms with E-state index in [0.717, 1.165) is 6.29 Å². The van der Waals surface area contributed by atoms with E-state index in [1.807, 2.05) is 20.8 Å². The molecule has 0 radical (unpaired) electrons. The van der Waals surface area contributed by atoms with Crippen molar-refractivity contribution in [2.45, 2.75) is 26.6 Å². The first-order valence-corrected chi connectivity index (χ1v) is 5.13. The molecule has 0 aliphatic heterocycles. The van der Waals surface area contributed by atoms with Crippen LogP contribution in [0.2, 0.25) is 0 Å². The van der Waals surface area contributed by atoms with E-state index in [9.17, 15) is 4.79 Å². The summed E-state index contributed by atoms with van der Waals surface area (Å²) < 4.78 is 10.4. The second-order valence-electron chi connectivity index (χ2n) is 3.44. The Morgan fingerprint density at radius 3 is 1.55 bits per heavy atom. The normalized spacial score (nSPS) is 18.1. The van der Waals surface area contributed by atoms with Gasteiger partial charge in [-0.2, -0.15) is 0 Å². The minimum Gasteiger partial charge on any atom is -0.396 e. The first kappa shape index (κ1) is 11.0. The largest absolute Gasteiger partial charge is 0.396 e. The monoisotopic (exact) mass is 192 g/mol. The average Bonchev–Trinajstić information content (AvgIpc) is 1.90. The van der Waals surface area contributed by atoms with E-state index in [0.29, 0.717) is 21.0 Å². The maximum Gasteiger partial charge on any atom is 0.210 e. The quantitative estimate of drug-likeness (QED) is 0.311. The third kappa shape index (κ3) is 1.99. The van der Waals surface area contributed by atoms with Crippen LogP contribution in [-0.2, 0) is 13.6 Å². The second-order valence-corrected chi connectivity index (χ2v) is 4.26. The van der Waals surface area contributed by atoms with Crippen LogP contribution in [-0.4, -0.2) is 33.0 Å². The number of rotatable bonds is 3. The lowest BCUT2D eigenvalue weighted by Crippen LogP contribution is -2.48. The van der Waals surface area contributed by atoms with E-state index in [1.165, 1.54) is 0 Å². The molecule has 66 valence electrons. The maximum atomic E-state index is 10.7. The van der Waals surface area contributed by atoms with Gasteiger partial charge in [0.25, 0.3) is 0 Å². The van der Waals surface area contributed by atoms with Crippen LogP contribution in [0.5, 0.6) is 0 Å². The molecular weight excluding hydrogens is 176 g/mol. The van der Waals surface area contributed by atoms with Crippen molar-refractivity contribution >= 4 is 27.3 Å². The minimum absolute atomic E-state index is 0.280. The molecule has 0 rings (SSSR count). The first-order valence-electron chi connectivity index (χ1n) is 3.50. The second kappa shape index (κ2) is 3.62. The van der Waals surface area contributed by atoms with Crippen LogP contribution < -0.4 is 0 Å². The van der Waals surface area contributed by atoms with Gasteiger partial charge in [-0.15, -0.1) is 0 Å². The molecule has 0 spiro atoms. The molecule has 0 aliphatic rings. The zero-order valence-corrected chi connectivity index (χ0v) is 11.8. The molecule has 0 aromatic heterocycles. The van der Waals surface area contributed by atoms with Crippen molar-refractivity contribution in [3.63, 3.8) is 0 Å². The van der Waals surface area contributed by atoms with Crippen LogP contribution in [0, 0.1) is 5.41 Å². The van der Waals surface area contributed by atoms with Gasteiger partial charge in [0.15, 0.2) is 6.29 Å². The molecule has 0 aromatic carbocycles. The van der Waals surface area contributed by atoms with Crippen molar-refractivity contribution in [2.24, 2.45) is 5.41 Å². The summed E-state index contributed by atoms with van der Waals surface area (Å²) in [7, 11) is 1.02. The molecule has 0 N–H and O–H groups in total. The highest BCUT2D eigenvalue weighted by molar-refractivity contribution is 6.02. The van der Waals surface area contributed by atoms with Crippen molar-refractivity contribution in [1.82, 2.24) is 0 Å². The Bertz CT molecular complexity index is 137. The predicted molar refractivity (Wildman–Crippen MR) is 50.3 cm³/mol. The van der Waals surface area contributed by atoms with Gasteiger partial charge < -0.3 is 8.85 Å². The Morgan fingerprint density at radius 2 is 1.55 bits per heavy atom. The SMILES string of the molecule is CC(C)(C)C(C=O)(O[SiH3])O[SiH3]. The molecule has 0 aromatic rings. The molecule has 5 heteroatoms. The fraction of sp³-hybridized carbons (Fsp3) is 0.833. The number of aldehydes is 1. The van der Waals surface area contributed by atoms with Gasteiger partial charge >= 0.3 is 0 Å². The lowest BCUT2D eigenvalue weighted by atomic mass is 9.87. The molecule has 0 heterocycles. The maximum absolute atomic E-state index is 10.7. The minimum atomic E-state index is -0.995. The summed E-state index contributed by atoms with van der Waals surface area (Å²) in [5.41, 5.74) is -0.280. The van der Waals surface area contributed by atoms with Crippen LogP contribution in [0.1, 0.15) is 20.8 Å². The highest BCUT2D eigenvalue weighted by Gasteiger charge is 2.41. The topological polar surface area (TPSA) is 35.5 Å². The summed E-state index contributed by atoms with van der Waals surface area (Å²) >= 11 is 0. The van der Waals surface area contributed by atoms with E-state index in [4.69, 9.17) is 8.85 Å². The molecule has 0 aliphatic carbocycles. The van der Waals surface area contributed by atoms with Crippen LogP contribution in [0.3, 0.4) is 0 Å². The lowest BCUT2D eigenvalue weighted by Gasteiger charge is -2.38. The first-order chi connectivity index (χ1) is 4.93. The molecule has 0 bridgehead atoms. The standard InChI is InChI=1S/C6H16O3Si2/c1-5(2,3)6(4-7,8-10)9-11/h4H,1-3,10-11H3. The molecule has 0 fully saturated rings. The Labute approximate surface area is 73.5 Å². The van der Waals surface area contributed by atoms with Crippen LogP contribution in [0.15, 0.2) is 0 Å². The molecular formula is C6H16O3Si2. The van der Waals surface area contributed by atoms with Gasteiger partial charge in [-0.25, -0.2) is 0 Å². The summed E-state index contributed by atoms with van der Waals surface area (Å²) in [4.78, 5) is 10.7. The Balaban J connectivity index is 4.68. The molecule has 0 saturated heterocycles. The molecule has 11 heavy (non-hydrogen) atoms. The van der Waals surface area contributed by atoms with E-state index in [1.54, 1.807) is 0 Å². The van der Waals surface area contributed by atoms with Crippen molar-refractivity contribution in [3.05, 3.63) is 0 Å².